The SMILES string of the molecule is CNC(=O)C(=O)C(C)NC(=O)[C@H](Cc1ccccc1)NC(=O)OCc1ccccc1. The van der Waals surface area contributed by atoms with Gasteiger partial charge in [-0.05, 0) is 18.1 Å². The summed E-state index contributed by atoms with van der Waals surface area (Å²) >= 11 is 0. The maximum atomic E-state index is 12.7. The third-order valence-electron chi connectivity index (χ3n) is 4.31. The van der Waals surface area contributed by atoms with Crippen molar-refractivity contribution in [1.82, 2.24) is 16.0 Å². The van der Waals surface area contributed by atoms with Crippen molar-refractivity contribution >= 4 is 23.7 Å². The number of ether oxygens (including phenoxy) is 1. The highest BCUT2D eigenvalue weighted by Crippen LogP contribution is 2.06. The average Bonchev–Trinajstić information content (AvgIpc) is 2.77. The summed E-state index contributed by atoms with van der Waals surface area (Å²) in [6.45, 7) is 1.46. The van der Waals surface area contributed by atoms with E-state index in [1.54, 1.807) is 0 Å². The van der Waals surface area contributed by atoms with Crippen molar-refractivity contribution in [2.24, 2.45) is 0 Å². The molecule has 8 nitrogen and oxygen atoms in total. The minimum Gasteiger partial charge on any atom is -0.445 e. The molecule has 0 saturated carbocycles. The largest absolute Gasteiger partial charge is 0.445 e. The van der Waals surface area contributed by atoms with Gasteiger partial charge in [0, 0.05) is 13.5 Å². The number of hydrogen-bond donors (Lipinski definition) is 3. The first-order valence-corrected chi connectivity index (χ1v) is 9.48. The predicted molar refractivity (Wildman–Crippen MR) is 110 cm³/mol. The third-order valence-corrected chi connectivity index (χ3v) is 4.31. The summed E-state index contributed by atoms with van der Waals surface area (Å²) in [6.07, 6.45) is -0.575. The van der Waals surface area contributed by atoms with Gasteiger partial charge in [0.25, 0.3) is 5.91 Å². The van der Waals surface area contributed by atoms with Crippen molar-refractivity contribution in [1.29, 1.82) is 0 Å². The highest BCUT2D eigenvalue weighted by Gasteiger charge is 2.27. The second kappa shape index (κ2) is 11.4. The normalized spacial score (nSPS) is 12.2. The summed E-state index contributed by atoms with van der Waals surface area (Å²) in [6, 6.07) is 16.2. The molecule has 8 heteroatoms. The van der Waals surface area contributed by atoms with Crippen LogP contribution in [-0.4, -0.2) is 42.8 Å². The standard InChI is InChI=1S/C22H25N3O5/c1-15(19(26)21(28)23-2)24-20(27)18(13-16-9-5-3-6-10-16)25-22(29)30-14-17-11-7-4-8-12-17/h3-12,15,18H,13-14H2,1-2H3,(H,23,28)(H,24,27)(H,25,29)/t15?,18-/m0/s1. The van der Waals surface area contributed by atoms with E-state index in [1.165, 1.54) is 14.0 Å². The van der Waals surface area contributed by atoms with Crippen LogP contribution in [0, 0.1) is 0 Å². The molecule has 0 aromatic heterocycles. The maximum Gasteiger partial charge on any atom is 0.408 e. The van der Waals surface area contributed by atoms with E-state index in [9.17, 15) is 19.2 Å². The summed E-state index contributed by atoms with van der Waals surface area (Å²) < 4.78 is 5.19. The Morgan fingerprint density at radius 1 is 0.867 bits per heavy atom. The molecule has 2 aromatic rings. The van der Waals surface area contributed by atoms with Crippen molar-refractivity contribution < 1.29 is 23.9 Å². The van der Waals surface area contributed by atoms with Gasteiger partial charge >= 0.3 is 6.09 Å². The van der Waals surface area contributed by atoms with Crippen molar-refractivity contribution in [3.8, 4) is 0 Å². The van der Waals surface area contributed by atoms with E-state index >= 15 is 0 Å². The summed E-state index contributed by atoms with van der Waals surface area (Å²) in [5, 5.41) is 7.24. The van der Waals surface area contributed by atoms with Gasteiger partial charge in [0.1, 0.15) is 12.6 Å². The van der Waals surface area contributed by atoms with Crippen LogP contribution in [0.25, 0.3) is 0 Å². The quantitative estimate of drug-likeness (QED) is 0.539. The molecule has 0 aliphatic heterocycles. The van der Waals surface area contributed by atoms with Crippen LogP contribution in [0.15, 0.2) is 60.7 Å². The Morgan fingerprint density at radius 2 is 1.43 bits per heavy atom. The Kier molecular flexibility index (Phi) is 8.56. The molecule has 3 N–H and O–H groups in total. The lowest BCUT2D eigenvalue weighted by atomic mass is 10.0. The van der Waals surface area contributed by atoms with Gasteiger partial charge in [-0.25, -0.2) is 4.79 Å². The molecule has 0 aliphatic rings. The molecule has 0 radical (unpaired) electrons. The first-order valence-electron chi connectivity index (χ1n) is 9.48. The van der Waals surface area contributed by atoms with Crippen molar-refractivity contribution in [3.05, 3.63) is 71.8 Å². The van der Waals surface area contributed by atoms with Gasteiger partial charge in [-0.3, -0.25) is 14.4 Å². The van der Waals surface area contributed by atoms with Crippen LogP contribution in [0.5, 0.6) is 0 Å². The second-order valence-corrected chi connectivity index (χ2v) is 6.62. The molecule has 3 amide bonds. The van der Waals surface area contributed by atoms with Crippen LogP contribution in [0.2, 0.25) is 0 Å². The van der Waals surface area contributed by atoms with E-state index in [0.29, 0.717) is 0 Å². The summed E-state index contributed by atoms with van der Waals surface area (Å²) in [5.74, 6) is -2.19. The predicted octanol–water partition coefficient (Wildman–Crippen LogP) is 1.34. The molecule has 30 heavy (non-hydrogen) atoms. The monoisotopic (exact) mass is 411 g/mol. The zero-order valence-corrected chi connectivity index (χ0v) is 16.9. The van der Waals surface area contributed by atoms with Crippen LogP contribution >= 0.6 is 0 Å². The Balaban J connectivity index is 2.03. The third kappa shape index (κ3) is 7.05. The van der Waals surface area contributed by atoms with E-state index < -0.39 is 35.8 Å². The molecule has 2 rings (SSSR count). The van der Waals surface area contributed by atoms with Gasteiger partial charge in [0.15, 0.2) is 0 Å². The Labute approximate surface area is 175 Å². The fourth-order valence-electron chi connectivity index (χ4n) is 2.67. The fraction of sp³-hybridized carbons (Fsp3) is 0.273. The highest BCUT2D eigenvalue weighted by molar-refractivity contribution is 6.38. The summed E-state index contributed by atoms with van der Waals surface area (Å²) in [7, 11) is 1.33. The lowest BCUT2D eigenvalue weighted by Gasteiger charge is -2.20. The minimum absolute atomic E-state index is 0.0535. The van der Waals surface area contributed by atoms with E-state index in [4.69, 9.17) is 4.74 Å². The van der Waals surface area contributed by atoms with Gasteiger partial charge < -0.3 is 20.7 Å². The second-order valence-electron chi connectivity index (χ2n) is 6.62. The number of Topliss-reactive ketones (excluding diaryl/α,β-unsaturated/α-hetero) is 1. The van der Waals surface area contributed by atoms with Gasteiger partial charge in [-0.15, -0.1) is 0 Å². The average molecular weight is 411 g/mol. The van der Waals surface area contributed by atoms with Crippen LogP contribution in [0.1, 0.15) is 18.1 Å². The van der Waals surface area contributed by atoms with Gasteiger partial charge in [0.05, 0.1) is 6.04 Å². The van der Waals surface area contributed by atoms with E-state index in [2.05, 4.69) is 16.0 Å². The zero-order valence-electron chi connectivity index (χ0n) is 16.9. The Bertz CT molecular complexity index is 871. The lowest BCUT2D eigenvalue weighted by Crippen LogP contribution is -2.53. The number of likely N-dealkylation sites (N-methyl/N-ethyl adjacent to an activating group) is 1. The van der Waals surface area contributed by atoms with E-state index in [1.807, 2.05) is 60.7 Å². The van der Waals surface area contributed by atoms with Crippen LogP contribution in [-0.2, 0) is 32.1 Å². The Morgan fingerprint density at radius 3 is 2.00 bits per heavy atom. The molecular weight excluding hydrogens is 386 g/mol. The number of hydrogen-bond acceptors (Lipinski definition) is 5. The Hall–Kier alpha value is -3.68. The molecule has 0 bridgehead atoms. The van der Waals surface area contributed by atoms with E-state index in [-0.39, 0.29) is 13.0 Å². The number of benzene rings is 2. The summed E-state index contributed by atoms with van der Waals surface area (Å²) in [4.78, 5) is 48.4. The first kappa shape index (κ1) is 22.6. The minimum atomic E-state index is -1.04. The van der Waals surface area contributed by atoms with E-state index in [0.717, 1.165) is 11.1 Å². The number of alkyl carbamates (subject to hydrolysis) is 1. The number of nitrogens with one attached hydrogen (secondary N) is 3. The van der Waals surface area contributed by atoms with Crippen LogP contribution in [0.3, 0.4) is 0 Å². The van der Waals surface area contributed by atoms with Crippen LogP contribution in [0.4, 0.5) is 4.79 Å². The molecule has 2 atom stereocenters. The molecule has 0 aliphatic carbocycles. The molecular formula is C22H25N3O5. The molecule has 1 unspecified atom stereocenters. The van der Waals surface area contributed by atoms with Gasteiger partial charge in [-0.1, -0.05) is 60.7 Å². The smallest absolute Gasteiger partial charge is 0.408 e. The topological polar surface area (TPSA) is 114 Å². The number of amides is 3. The fourth-order valence-corrected chi connectivity index (χ4v) is 2.67. The van der Waals surface area contributed by atoms with Gasteiger partial charge in [0.2, 0.25) is 11.7 Å². The number of carbonyl (C=O) groups excluding carboxylic acids is 4. The van der Waals surface area contributed by atoms with Crippen molar-refractivity contribution in [3.63, 3.8) is 0 Å². The molecule has 0 saturated heterocycles. The lowest BCUT2D eigenvalue weighted by molar-refractivity contribution is -0.139. The molecule has 158 valence electrons. The van der Waals surface area contributed by atoms with Gasteiger partial charge in [-0.2, -0.15) is 0 Å². The number of carbonyl (C=O) groups is 4. The highest BCUT2D eigenvalue weighted by atomic mass is 16.5. The molecule has 2 aromatic carbocycles. The van der Waals surface area contributed by atoms with Crippen molar-refractivity contribution in [2.75, 3.05) is 7.05 Å². The maximum absolute atomic E-state index is 12.7. The zero-order chi connectivity index (χ0) is 21.9. The molecule has 0 fully saturated rings. The van der Waals surface area contributed by atoms with Crippen molar-refractivity contribution in [2.45, 2.75) is 32.0 Å². The number of rotatable bonds is 9. The van der Waals surface area contributed by atoms with Crippen LogP contribution < -0.4 is 16.0 Å². The number of ketones is 1. The first-order chi connectivity index (χ1) is 14.4. The molecule has 0 heterocycles. The molecule has 0 spiro atoms. The summed E-state index contributed by atoms with van der Waals surface area (Å²) in [5.41, 5.74) is 1.62.